The first-order valence-corrected chi connectivity index (χ1v) is 9.10. The van der Waals surface area contributed by atoms with E-state index in [1.807, 2.05) is 30.3 Å². The highest BCUT2D eigenvalue weighted by atomic mass is 16.5. The molecule has 2 aromatic carbocycles. The maximum Gasteiger partial charge on any atom is 0.407 e. The smallest absolute Gasteiger partial charge is 0.407 e. The van der Waals surface area contributed by atoms with Crippen molar-refractivity contribution < 1.29 is 9.53 Å². The number of carbonyl (C=O) groups is 1. The Morgan fingerprint density at radius 3 is 2.36 bits per heavy atom. The van der Waals surface area contributed by atoms with Crippen LogP contribution in [0.4, 0.5) is 10.5 Å². The Kier molecular flexibility index (Phi) is 6.32. The predicted molar refractivity (Wildman–Crippen MR) is 101 cm³/mol. The van der Waals surface area contributed by atoms with Crippen molar-refractivity contribution in [3.05, 3.63) is 65.7 Å². The molecule has 0 saturated carbocycles. The fourth-order valence-corrected chi connectivity index (χ4v) is 3.11. The number of hydrogen-bond donors (Lipinski definition) is 1. The zero-order valence-corrected chi connectivity index (χ0v) is 14.6. The highest BCUT2D eigenvalue weighted by molar-refractivity contribution is 5.67. The molecule has 1 aliphatic rings. The summed E-state index contributed by atoms with van der Waals surface area (Å²) in [5, 5.41) is 2.81. The van der Waals surface area contributed by atoms with E-state index in [0.717, 1.165) is 25.1 Å². The van der Waals surface area contributed by atoms with Crippen molar-refractivity contribution in [3.63, 3.8) is 0 Å². The van der Waals surface area contributed by atoms with E-state index in [2.05, 4.69) is 34.5 Å². The molecule has 2 aromatic rings. The van der Waals surface area contributed by atoms with Crippen LogP contribution in [0, 0.1) is 0 Å². The van der Waals surface area contributed by atoms with Crippen LogP contribution >= 0.6 is 0 Å². The monoisotopic (exact) mass is 338 g/mol. The van der Waals surface area contributed by atoms with Gasteiger partial charge in [-0.1, -0.05) is 42.5 Å². The van der Waals surface area contributed by atoms with Crippen molar-refractivity contribution in [1.29, 1.82) is 0 Å². The van der Waals surface area contributed by atoms with Crippen LogP contribution in [0.3, 0.4) is 0 Å². The second-order valence-electron chi connectivity index (χ2n) is 6.45. The van der Waals surface area contributed by atoms with Gasteiger partial charge in [0.1, 0.15) is 6.61 Å². The van der Waals surface area contributed by atoms with Crippen molar-refractivity contribution in [3.8, 4) is 0 Å². The van der Waals surface area contributed by atoms with Gasteiger partial charge in [-0.25, -0.2) is 4.79 Å². The summed E-state index contributed by atoms with van der Waals surface area (Å²) in [6.45, 7) is 3.20. The van der Waals surface area contributed by atoms with Gasteiger partial charge < -0.3 is 15.0 Å². The molecular weight excluding hydrogens is 312 g/mol. The second kappa shape index (κ2) is 9.11. The first-order chi connectivity index (χ1) is 12.3. The van der Waals surface area contributed by atoms with E-state index in [4.69, 9.17) is 4.74 Å². The Labute approximate surface area is 149 Å². The maximum absolute atomic E-state index is 11.7. The van der Waals surface area contributed by atoms with Gasteiger partial charge in [-0.05, 0) is 48.9 Å². The number of anilines is 1. The molecule has 3 rings (SSSR count). The minimum absolute atomic E-state index is 0.303. The van der Waals surface area contributed by atoms with Crippen molar-refractivity contribution in [1.82, 2.24) is 5.32 Å². The van der Waals surface area contributed by atoms with Gasteiger partial charge in [-0.15, -0.1) is 0 Å². The van der Waals surface area contributed by atoms with Gasteiger partial charge in [-0.2, -0.15) is 0 Å². The molecule has 0 atom stereocenters. The number of ether oxygens (including phenoxy) is 1. The molecule has 1 N–H and O–H groups in total. The Hall–Kier alpha value is -2.49. The molecule has 25 heavy (non-hydrogen) atoms. The van der Waals surface area contributed by atoms with Gasteiger partial charge in [-0.3, -0.25) is 0 Å². The summed E-state index contributed by atoms with van der Waals surface area (Å²) in [4.78, 5) is 14.2. The second-order valence-corrected chi connectivity index (χ2v) is 6.45. The highest BCUT2D eigenvalue weighted by Gasteiger charge is 2.10. The first kappa shape index (κ1) is 17.3. The molecule has 1 aliphatic heterocycles. The molecule has 132 valence electrons. The van der Waals surface area contributed by atoms with E-state index >= 15 is 0 Å². The van der Waals surface area contributed by atoms with Gasteiger partial charge in [0.2, 0.25) is 0 Å². The van der Waals surface area contributed by atoms with Gasteiger partial charge in [0.15, 0.2) is 0 Å². The fourth-order valence-electron chi connectivity index (χ4n) is 3.11. The Morgan fingerprint density at radius 1 is 0.920 bits per heavy atom. The molecule has 1 heterocycles. The van der Waals surface area contributed by atoms with E-state index in [1.165, 1.54) is 30.5 Å². The van der Waals surface area contributed by atoms with Crippen LogP contribution in [0.1, 0.15) is 30.4 Å². The molecule has 0 bridgehead atoms. The van der Waals surface area contributed by atoms with Gasteiger partial charge in [0, 0.05) is 25.3 Å². The SMILES string of the molecule is O=C(NCCc1ccc(N2CCCCC2)cc1)OCc1ccccc1. The fraction of sp³-hybridized carbons (Fsp3) is 0.381. The summed E-state index contributed by atoms with van der Waals surface area (Å²) in [7, 11) is 0. The predicted octanol–water partition coefficient (Wildman–Crippen LogP) is 4.15. The lowest BCUT2D eigenvalue weighted by Crippen LogP contribution is -2.29. The Morgan fingerprint density at radius 2 is 1.64 bits per heavy atom. The number of carbonyl (C=O) groups excluding carboxylic acids is 1. The molecule has 0 aromatic heterocycles. The maximum atomic E-state index is 11.7. The standard InChI is InChI=1S/C21H26N2O2/c24-21(25-17-19-7-3-1-4-8-19)22-14-13-18-9-11-20(12-10-18)23-15-5-2-6-16-23/h1,3-4,7-12H,2,5-6,13-17H2,(H,22,24). The summed E-state index contributed by atoms with van der Waals surface area (Å²) >= 11 is 0. The van der Waals surface area contributed by atoms with E-state index in [1.54, 1.807) is 0 Å². The zero-order chi connectivity index (χ0) is 17.3. The van der Waals surface area contributed by atoms with Crippen LogP contribution in [0.2, 0.25) is 0 Å². The molecule has 4 nitrogen and oxygen atoms in total. The van der Waals surface area contributed by atoms with Crippen LogP contribution in [-0.2, 0) is 17.8 Å². The number of amides is 1. The molecule has 4 heteroatoms. The molecule has 1 fully saturated rings. The number of piperidine rings is 1. The lowest BCUT2D eigenvalue weighted by Gasteiger charge is -2.28. The highest BCUT2D eigenvalue weighted by Crippen LogP contribution is 2.20. The van der Waals surface area contributed by atoms with Gasteiger partial charge >= 0.3 is 6.09 Å². The van der Waals surface area contributed by atoms with Crippen molar-refractivity contribution in [2.75, 3.05) is 24.5 Å². The lowest BCUT2D eigenvalue weighted by molar-refractivity contribution is 0.140. The van der Waals surface area contributed by atoms with E-state index in [9.17, 15) is 4.79 Å². The van der Waals surface area contributed by atoms with Crippen molar-refractivity contribution in [2.24, 2.45) is 0 Å². The Bertz CT molecular complexity index is 649. The minimum atomic E-state index is -0.367. The molecule has 0 unspecified atom stereocenters. The average molecular weight is 338 g/mol. The van der Waals surface area contributed by atoms with Crippen LogP contribution < -0.4 is 10.2 Å². The number of nitrogens with zero attached hydrogens (tertiary/aromatic N) is 1. The zero-order valence-electron chi connectivity index (χ0n) is 14.6. The van der Waals surface area contributed by atoms with E-state index in [-0.39, 0.29) is 6.09 Å². The van der Waals surface area contributed by atoms with E-state index in [0.29, 0.717) is 13.2 Å². The lowest BCUT2D eigenvalue weighted by atomic mass is 10.1. The summed E-state index contributed by atoms with van der Waals surface area (Å²) < 4.78 is 5.21. The Balaban J connectivity index is 1.37. The third-order valence-corrected chi connectivity index (χ3v) is 4.55. The normalized spacial score (nSPS) is 14.2. The average Bonchev–Trinajstić information content (AvgIpc) is 2.68. The molecule has 0 aliphatic carbocycles. The third kappa shape index (κ3) is 5.52. The molecular formula is C21H26N2O2. The molecule has 1 saturated heterocycles. The topological polar surface area (TPSA) is 41.6 Å². The molecule has 1 amide bonds. The van der Waals surface area contributed by atoms with Crippen LogP contribution in [0.5, 0.6) is 0 Å². The number of alkyl carbamates (subject to hydrolysis) is 1. The summed E-state index contributed by atoms with van der Waals surface area (Å²) in [5.74, 6) is 0. The molecule has 0 radical (unpaired) electrons. The van der Waals surface area contributed by atoms with E-state index < -0.39 is 0 Å². The summed E-state index contributed by atoms with van der Waals surface area (Å²) in [5.41, 5.74) is 3.52. The third-order valence-electron chi connectivity index (χ3n) is 4.55. The van der Waals surface area contributed by atoms with Crippen molar-refractivity contribution >= 4 is 11.8 Å². The largest absolute Gasteiger partial charge is 0.445 e. The summed E-state index contributed by atoms with van der Waals surface area (Å²) in [6.07, 6.45) is 4.36. The van der Waals surface area contributed by atoms with Gasteiger partial charge in [0.05, 0.1) is 0 Å². The van der Waals surface area contributed by atoms with Crippen LogP contribution in [0.15, 0.2) is 54.6 Å². The first-order valence-electron chi connectivity index (χ1n) is 9.10. The van der Waals surface area contributed by atoms with Crippen LogP contribution in [-0.4, -0.2) is 25.7 Å². The number of nitrogens with one attached hydrogen (secondary N) is 1. The quantitative estimate of drug-likeness (QED) is 0.860. The number of benzene rings is 2. The number of rotatable bonds is 6. The number of hydrogen-bond acceptors (Lipinski definition) is 3. The minimum Gasteiger partial charge on any atom is -0.445 e. The molecule has 0 spiro atoms. The van der Waals surface area contributed by atoms with Crippen molar-refractivity contribution in [2.45, 2.75) is 32.3 Å². The summed E-state index contributed by atoms with van der Waals surface area (Å²) in [6, 6.07) is 18.4. The van der Waals surface area contributed by atoms with Crippen LogP contribution in [0.25, 0.3) is 0 Å². The van der Waals surface area contributed by atoms with Gasteiger partial charge in [0.25, 0.3) is 0 Å².